The van der Waals surface area contributed by atoms with Crippen LogP contribution in [-0.2, 0) is 11.3 Å². The lowest BCUT2D eigenvalue weighted by atomic mass is 10.1. The smallest absolute Gasteiger partial charge is 0.261 e. The van der Waals surface area contributed by atoms with E-state index in [1.54, 1.807) is 25.3 Å². The van der Waals surface area contributed by atoms with Gasteiger partial charge in [0.2, 0.25) is 0 Å². The summed E-state index contributed by atoms with van der Waals surface area (Å²) in [4.78, 5) is 12.0. The molecule has 0 bridgehead atoms. The first-order valence-electron chi connectivity index (χ1n) is 6.71. The van der Waals surface area contributed by atoms with Crippen LogP contribution in [0.3, 0.4) is 0 Å². The van der Waals surface area contributed by atoms with Gasteiger partial charge >= 0.3 is 0 Å². The largest absolute Gasteiger partial charge is 0.481 e. The first-order chi connectivity index (χ1) is 9.97. The quantitative estimate of drug-likeness (QED) is 0.917. The van der Waals surface area contributed by atoms with Gasteiger partial charge in [-0.1, -0.05) is 11.6 Å². The summed E-state index contributed by atoms with van der Waals surface area (Å²) in [6.07, 6.45) is 0.973. The molecule has 0 saturated carbocycles. The summed E-state index contributed by atoms with van der Waals surface area (Å²) in [5, 5.41) is 3.48. The number of nitrogens with one attached hydrogen (secondary N) is 1. The van der Waals surface area contributed by atoms with Crippen molar-refractivity contribution in [2.75, 3.05) is 0 Å². The van der Waals surface area contributed by atoms with Gasteiger partial charge in [0, 0.05) is 5.02 Å². The summed E-state index contributed by atoms with van der Waals surface area (Å²) >= 11 is 6.11. The van der Waals surface area contributed by atoms with Gasteiger partial charge in [-0.15, -0.1) is 0 Å². The van der Waals surface area contributed by atoms with Crippen LogP contribution in [0.15, 0.2) is 34.9 Å². The number of carbonyl (C=O) groups is 1. The lowest BCUT2D eigenvalue weighted by molar-refractivity contribution is -0.127. The molecule has 2 aromatic rings. The Morgan fingerprint density at radius 2 is 2.05 bits per heavy atom. The predicted octanol–water partition coefficient (Wildman–Crippen LogP) is 3.63. The van der Waals surface area contributed by atoms with Crippen molar-refractivity contribution in [3.8, 4) is 5.75 Å². The highest BCUT2D eigenvalue weighted by atomic mass is 35.5. The van der Waals surface area contributed by atoms with Crippen molar-refractivity contribution >= 4 is 17.5 Å². The summed E-state index contributed by atoms with van der Waals surface area (Å²) < 4.78 is 10.8. The SMILES string of the molecule is Cc1cc(O[C@H](C)C(=O)NCc2ccco2)cc(C)c1Cl. The topological polar surface area (TPSA) is 51.5 Å². The molecule has 0 fully saturated rings. The highest BCUT2D eigenvalue weighted by Crippen LogP contribution is 2.26. The minimum absolute atomic E-state index is 0.198. The summed E-state index contributed by atoms with van der Waals surface area (Å²) in [6, 6.07) is 7.23. The van der Waals surface area contributed by atoms with Gasteiger partial charge in [-0.2, -0.15) is 0 Å². The minimum atomic E-state index is -0.597. The van der Waals surface area contributed by atoms with Crippen molar-refractivity contribution in [2.45, 2.75) is 33.4 Å². The molecular formula is C16H18ClNO3. The number of halogens is 1. The molecule has 1 aromatic heterocycles. The van der Waals surface area contributed by atoms with E-state index in [1.165, 1.54) is 0 Å². The number of ether oxygens (including phenoxy) is 1. The van der Waals surface area contributed by atoms with Crippen LogP contribution in [-0.4, -0.2) is 12.0 Å². The Kier molecular flexibility index (Phi) is 4.91. The number of aryl methyl sites for hydroxylation is 2. The van der Waals surface area contributed by atoms with E-state index >= 15 is 0 Å². The van der Waals surface area contributed by atoms with E-state index in [9.17, 15) is 4.79 Å². The lowest BCUT2D eigenvalue weighted by Crippen LogP contribution is -2.35. The van der Waals surface area contributed by atoms with Gasteiger partial charge in [-0.3, -0.25) is 4.79 Å². The van der Waals surface area contributed by atoms with Crippen LogP contribution >= 0.6 is 11.6 Å². The zero-order valence-corrected chi connectivity index (χ0v) is 13.0. The summed E-state index contributed by atoms with van der Waals surface area (Å²) in [7, 11) is 0. The number of furan rings is 1. The van der Waals surface area contributed by atoms with Crippen LogP contribution in [0.5, 0.6) is 5.75 Å². The van der Waals surface area contributed by atoms with Crippen LogP contribution in [0.4, 0.5) is 0 Å². The van der Waals surface area contributed by atoms with Crippen LogP contribution in [0.25, 0.3) is 0 Å². The molecule has 0 aliphatic rings. The third-order valence-electron chi connectivity index (χ3n) is 3.11. The molecule has 0 aliphatic carbocycles. The number of hydrogen-bond donors (Lipinski definition) is 1. The third-order valence-corrected chi connectivity index (χ3v) is 3.71. The van der Waals surface area contributed by atoms with Gasteiger partial charge in [0.15, 0.2) is 6.10 Å². The molecule has 2 rings (SSSR count). The fourth-order valence-corrected chi connectivity index (χ4v) is 2.07. The van der Waals surface area contributed by atoms with Crippen molar-refractivity contribution in [3.05, 3.63) is 52.4 Å². The van der Waals surface area contributed by atoms with Gasteiger partial charge < -0.3 is 14.5 Å². The first kappa shape index (κ1) is 15.4. The molecule has 4 nitrogen and oxygen atoms in total. The Morgan fingerprint density at radius 3 is 2.62 bits per heavy atom. The van der Waals surface area contributed by atoms with Crippen molar-refractivity contribution in [1.29, 1.82) is 0 Å². The van der Waals surface area contributed by atoms with Gasteiger partial charge in [-0.25, -0.2) is 0 Å². The monoisotopic (exact) mass is 307 g/mol. The van der Waals surface area contributed by atoms with Crippen LogP contribution in [0.1, 0.15) is 23.8 Å². The summed E-state index contributed by atoms with van der Waals surface area (Å²) in [6.45, 7) is 5.86. The molecular weight excluding hydrogens is 290 g/mol. The van der Waals surface area contributed by atoms with Gasteiger partial charge in [0.25, 0.3) is 5.91 Å². The number of rotatable bonds is 5. The highest BCUT2D eigenvalue weighted by molar-refractivity contribution is 6.32. The molecule has 0 aliphatic heterocycles. The van der Waals surface area contributed by atoms with E-state index in [0.29, 0.717) is 18.1 Å². The van der Waals surface area contributed by atoms with E-state index in [2.05, 4.69) is 5.32 Å². The minimum Gasteiger partial charge on any atom is -0.481 e. The normalized spacial score (nSPS) is 12.0. The number of benzene rings is 1. The third kappa shape index (κ3) is 4.02. The van der Waals surface area contributed by atoms with Crippen molar-refractivity contribution < 1.29 is 13.9 Å². The predicted molar refractivity (Wildman–Crippen MR) is 81.6 cm³/mol. The summed E-state index contributed by atoms with van der Waals surface area (Å²) in [5.74, 6) is 1.14. The van der Waals surface area contributed by atoms with Crippen molar-refractivity contribution in [2.24, 2.45) is 0 Å². The Balaban J connectivity index is 1.94. The van der Waals surface area contributed by atoms with Crippen molar-refractivity contribution in [1.82, 2.24) is 5.32 Å². The molecule has 1 heterocycles. The number of hydrogen-bond acceptors (Lipinski definition) is 3. The van der Waals surface area contributed by atoms with E-state index < -0.39 is 6.10 Å². The van der Waals surface area contributed by atoms with E-state index in [4.69, 9.17) is 20.8 Å². The van der Waals surface area contributed by atoms with E-state index in [1.807, 2.05) is 26.0 Å². The molecule has 21 heavy (non-hydrogen) atoms. The maximum Gasteiger partial charge on any atom is 0.261 e. The fraction of sp³-hybridized carbons (Fsp3) is 0.312. The Labute approximate surface area is 129 Å². The van der Waals surface area contributed by atoms with Gasteiger partial charge in [-0.05, 0) is 56.2 Å². The zero-order valence-electron chi connectivity index (χ0n) is 12.3. The molecule has 1 aromatic carbocycles. The second kappa shape index (κ2) is 6.68. The Morgan fingerprint density at radius 1 is 1.38 bits per heavy atom. The van der Waals surface area contributed by atoms with Gasteiger partial charge in [0.1, 0.15) is 11.5 Å². The molecule has 1 atom stereocenters. The Bertz CT molecular complexity index is 599. The summed E-state index contributed by atoms with van der Waals surface area (Å²) in [5.41, 5.74) is 1.85. The second-order valence-electron chi connectivity index (χ2n) is 4.93. The molecule has 1 N–H and O–H groups in total. The van der Waals surface area contributed by atoms with E-state index in [0.717, 1.165) is 16.1 Å². The molecule has 0 unspecified atom stereocenters. The average Bonchev–Trinajstić information content (AvgIpc) is 2.95. The molecule has 0 saturated heterocycles. The maximum absolute atomic E-state index is 12.0. The maximum atomic E-state index is 12.0. The number of carbonyl (C=O) groups excluding carboxylic acids is 1. The molecule has 0 spiro atoms. The zero-order chi connectivity index (χ0) is 15.4. The van der Waals surface area contributed by atoms with E-state index in [-0.39, 0.29) is 5.91 Å². The van der Waals surface area contributed by atoms with Crippen LogP contribution < -0.4 is 10.1 Å². The molecule has 112 valence electrons. The van der Waals surface area contributed by atoms with Crippen LogP contribution in [0, 0.1) is 13.8 Å². The van der Waals surface area contributed by atoms with Crippen molar-refractivity contribution in [3.63, 3.8) is 0 Å². The fourth-order valence-electron chi connectivity index (χ4n) is 1.96. The molecule has 0 radical (unpaired) electrons. The first-order valence-corrected chi connectivity index (χ1v) is 7.08. The standard InChI is InChI=1S/C16H18ClNO3/c1-10-7-14(8-11(2)15(10)17)21-12(3)16(19)18-9-13-5-4-6-20-13/h4-8,12H,9H2,1-3H3,(H,18,19)/t12-/m1/s1. The van der Waals surface area contributed by atoms with Gasteiger partial charge in [0.05, 0.1) is 12.8 Å². The number of amides is 1. The molecule has 1 amide bonds. The average molecular weight is 308 g/mol. The second-order valence-corrected chi connectivity index (χ2v) is 5.31. The molecule has 5 heteroatoms. The lowest BCUT2D eigenvalue weighted by Gasteiger charge is -2.16. The Hall–Kier alpha value is -1.94. The van der Waals surface area contributed by atoms with Crippen LogP contribution in [0.2, 0.25) is 5.02 Å². The highest BCUT2D eigenvalue weighted by Gasteiger charge is 2.15.